The normalized spacial score (nSPS) is 29.3. The number of carbonyl (C=O) groups excluding carboxylic acids is 1. The Labute approximate surface area is 114 Å². The maximum Gasteiger partial charge on any atom is 0.307 e. The van der Waals surface area contributed by atoms with Crippen LogP contribution in [0.15, 0.2) is 0 Å². The average molecular weight is 268 g/mol. The van der Waals surface area contributed by atoms with Crippen LogP contribution in [-0.2, 0) is 9.59 Å². The van der Waals surface area contributed by atoms with Gasteiger partial charge in [-0.05, 0) is 45.7 Å². The van der Waals surface area contributed by atoms with Gasteiger partial charge in [-0.25, -0.2) is 0 Å². The first-order chi connectivity index (χ1) is 9.09. The Kier molecular flexibility index (Phi) is 4.80. The third-order valence-electron chi connectivity index (χ3n) is 4.51. The van der Waals surface area contributed by atoms with Crippen LogP contribution in [0.5, 0.6) is 0 Å². The Hall–Kier alpha value is -1.10. The van der Waals surface area contributed by atoms with Crippen LogP contribution in [0.3, 0.4) is 0 Å². The van der Waals surface area contributed by atoms with Gasteiger partial charge in [-0.2, -0.15) is 0 Å². The van der Waals surface area contributed by atoms with Crippen molar-refractivity contribution in [3.63, 3.8) is 0 Å². The summed E-state index contributed by atoms with van der Waals surface area (Å²) in [6.07, 6.45) is 4.66. The van der Waals surface area contributed by atoms with Gasteiger partial charge in [0, 0.05) is 12.6 Å². The van der Waals surface area contributed by atoms with E-state index in [0.717, 1.165) is 19.5 Å². The van der Waals surface area contributed by atoms with Gasteiger partial charge in [0.1, 0.15) is 0 Å². The van der Waals surface area contributed by atoms with Crippen LogP contribution in [0.1, 0.15) is 39.0 Å². The molecular formula is C14H24N2O3. The van der Waals surface area contributed by atoms with E-state index in [1.165, 1.54) is 12.8 Å². The zero-order valence-electron chi connectivity index (χ0n) is 11.6. The molecule has 0 aromatic carbocycles. The van der Waals surface area contributed by atoms with Gasteiger partial charge in [-0.3, -0.25) is 14.5 Å². The smallest absolute Gasteiger partial charge is 0.307 e. The standard InChI is InChI=1S/C14H24N2O3/c1-10(16-7-2-3-8-16)9-15-13(17)11-5-4-6-12(11)14(18)19/h10-12H,2-9H2,1H3,(H,15,17)(H,18,19). The highest BCUT2D eigenvalue weighted by molar-refractivity contribution is 5.85. The summed E-state index contributed by atoms with van der Waals surface area (Å²) in [5.74, 6) is -1.72. The number of carbonyl (C=O) groups is 2. The van der Waals surface area contributed by atoms with E-state index >= 15 is 0 Å². The molecular weight excluding hydrogens is 244 g/mol. The molecule has 3 unspecified atom stereocenters. The fourth-order valence-corrected chi connectivity index (χ4v) is 3.26. The molecule has 5 nitrogen and oxygen atoms in total. The van der Waals surface area contributed by atoms with Crippen LogP contribution in [-0.4, -0.2) is 47.6 Å². The van der Waals surface area contributed by atoms with Crippen LogP contribution in [0, 0.1) is 11.8 Å². The maximum absolute atomic E-state index is 12.1. The second kappa shape index (κ2) is 6.37. The van der Waals surface area contributed by atoms with Crippen molar-refractivity contribution in [1.29, 1.82) is 0 Å². The minimum absolute atomic E-state index is 0.0732. The monoisotopic (exact) mass is 268 g/mol. The maximum atomic E-state index is 12.1. The number of nitrogens with zero attached hydrogens (tertiary/aromatic N) is 1. The SMILES string of the molecule is CC(CNC(=O)C1CCCC1C(=O)O)N1CCCC1. The second-order valence-corrected chi connectivity index (χ2v) is 5.82. The molecule has 0 aromatic rings. The number of carboxylic acids is 1. The Morgan fingerprint density at radius 1 is 1.21 bits per heavy atom. The van der Waals surface area contributed by atoms with Crippen molar-refractivity contribution in [3.8, 4) is 0 Å². The number of amides is 1. The lowest BCUT2D eigenvalue weighted by atomic mass is 9.95. The third-order valence-corrected chi connectivity index (χ3v) is 4.51. The van der Waals surface area contributed by atoms with E-state index in [0.29, 0.717) is 25.4 Å². The summed E-state index contributed by atoms with van der Waals surface area (Å²) in [6, 6.07) is 0.344. The fraction of sp³-hybridized carbons (Fsp3) is 0.857. The molecule has 2 N–H and O–H groups in total. The highest BCUT2D eigenvalue weighted by Crippen LogP contribution is 2.32. The zero-order valence-corrected chi connectivity index (χ0v) is 11.6. The molecule has 1 amide bonds. The van der Waals surface area contributed by atoms with Crippen molar-refractivity contribution in [2.45, 2.75) is 45.1 Å². The van der Waals surface area contributed by atoms with Gasteiger partial charge in [0.25, 0.3) is 0 Å². The van der Waals surface area contributed by atoms with Crippen molar-refractivity contribution in [2.24, 2.45) is 11.8 Å². The predicted octanol–water partition coefficient (Wildman–Crippen LogP) is 1.09. The summed E-state index contributed by atoms with van der Waals surface area (Å²) >= 11 is 0. The molecule has 1 heterocycles. The van der Waals surface area contributed by atoms with Gasteiger partial charge in [0.2, 0.25) is 5.91 Å². The first-order valence-electron chi connectivity index (χ1n) is 7.34. The van der Waals surface area contributed by atoms with E-state index < -0.39 is 11.9 Å². The summed E-state index contributed by atoms with van der Waals surface area (Å²) in [6.45, 7) is 4.97. The molecule has 0 bridgehead atoms. The molecule has 0 aromatic heterocycles. The summed E-state index contributed by atoms with van der Waals surface area (Å²) in [7, 11) is 0. The first-order valence-corrected chi connectivity index (χ1v) is 7.34. The van der Waals surface area contributed by atoms with Crippen molar-refractivity contribution >= 4 is 11.9 Å². The number of aliphatic carboxylic acids is 1. The molecule has 2 rings (SSSR count). The zero-order chi connectivity index (χ0) is 13.8. The van der Waals surface area contributed by atoms with Crippen LogP contribution >= 0.6 is 0 Å². The lowest BCUT2D eigenvalue weighted by molar-refractivity contribution is -0.146. The quantitative estimate of drug-likeness (QED) is 0.783. The molecule has 108 valence electrons. The molecule has 2 aliphatic rings. The highest BCUT2D eigenvalue weighted by atomic mass is 16.4. The number of hydrogen-bond donors (Lipinski definition) is 2. The van der Waals surface area contributed by atoms with E-state index in [1.807, 2.05) is 0 Å². The van der Waals surface area contributed by atoms with Crippen LogP contribution in [0.4, 0.5) is 0 Å². The average Bonchev–Trinajstić information content (AvgIpc) is 3.04. The van der Waals surface area contributed by atoms with Crippen molar-refractivity contribution < 1.29 is 14.7 Å². The van der Waals surface area contributed by atoms with E-state index in [-0.39, 0.29) is 11.8 Å². The Morgan fingerprint density at radius 2 is 1.84 bits per heavy atom. The van der Waals surface area contributed by atoms with Gasteiger partial charge in [0.15, 0.2) is 0 Å². The van der Waals surface area contributed by atoms with E-state index in [2.05, 4.69) is 17.1 Å². The molecule has 19 heavy (non-hydrogen) atoms. The molecule has 0 spiro atoms. The van der Waals surface area contributed by atoms with Crippen molar-refractivity contribution in [2.75, 3.05) is 19.6 Å². The third kappa shape index (κ3) is 3.47. The van der Waals surface area contributed by atoms with Gasteiger partial charge >= 0.3 is 5.97 Å². The van der Waals surface area contributed by atoms with Gasteiger partial charge in [-0.1, -0.05) is 6.42 Å². The van der Waals surface area contributed by atoms with E-state index in [9.17, 15) is 9.59 Å². The van der Waals surface area contributed by atoms with Crippen LogP contribution < -0.4 is 5.32 Å². The van der Waals surface area contributed by atoms with Gasteiger partial charge < -0.3 is 10.4 Å². The lowest BCUT2D eigenvalue weighted by Gasteiger charge is -2.25. The van der Waals surface area contributed by atoms with Gasteiger partial charge in [-0.15, -0.1) is 0 Å². The van der Waals surface area contributed by atoms with Crippen LogP contribution in [0.25, 0.3) is 0 Å². The molecule has 1 saturated carbocycles. The summed E-state index contributed by atoms with van der Waals surface area (Å²) in [5.41, 5.74) is 0. The molecule has 0 radical (unpaired) electrons. The lowest BCUT2D eigenvalue weighted by Crippen LogP contribution is -2.43. The summed E-state index contributed by atoms with van der Waals surface area (Å²) in [5, 5.41) is 12.0. The molecule has 3 atom stereocenters. The number of likely N-dealkylation sites (tertiary alicyclic amines) is 1. The fourth-order valence-electron chi connectivity index (χ4n) is 3.26. The first kappa shape index (κ1) is 14.3. The van der Waals surface area contributed by atoms with Crippen molar-refractivity contribution in [3.05, 3.63) is 0 Å². The Morgan fingerprint density at radius 3 is 2.47 bits per heavy atom. The number of carboxylic acid groups (broad SMARTS) is 1. The molecule has 1 saturated heterocycles. The predicted molar refractivity (Wildman–Crippen MR) is 71.7 cm³/mol. The number of nitrogens with one attached hydrogen (secondary N) is 1. The minimum Gasteiger partial charge on any atom is -0.481 e. The molecule has 5 heteroatoms. The van der Waals surface area contributed by atoms with E-state index in [1.54, 1.807) is 0 Å². The number of hydrogen-bond acceptors (Lipinski definition) is 3. The second-order valence-electron chi connectivity index (χ2n) is 5.82. The summed E-state index contributed by atoms with van der Waals surface area (Å²) in [4.78, 5) is 25.5. The molecule has 1 aliphatic carbocycles. The van der Waals surface area contributed by atoms with Gasteiger partial charge in [0.05, 0.1) is 11.8 Å². The van der Waals surface area contributed by atoms with E-state index in [4.69, 9.17) is 5.11 Å². The van der Waals surface area contributed by atoms with Crippen LogP contribution in [0.2, 0.25) is 0 Å². The largest absolute Gasteiger partial charge is 0.481 e. The van der Waals surface area contributed by atoms with Crippen molar-refractivity contribution in [1.82, 2.24) is 10.2 Å². The Balaban J connectivity index is 1.78. The number of rotatable bonds is 5. The highest BCUT2D eigenvalue weighted by Gasteiger charge is 2.37. The topological polar surface area (TPSA) is 69.6 Å². The Bertz CT molecular complexity index is 340. The minimum atomic E-state index is -0.828. The molecule has 1 aliphatic heterocycles. The molecule has 2 fully saturated rings. The summed E-state index contributed by atoms with van der Waals surface area (Å²) < 4.78 is 0.